The van der Waals surface area contributed by atoms with Gasteiger partial charge < -0.3 is 4.74 Å². The normalized spacial score (nSPS) is 11.6. The zero-order valence-electron chi connectivity index (χ0n) is 11.2. The second kappa shape index (κ2) is 5.85. The van der Waals surface area contributed by atoms with Gasteiger partial charge in [0.05, 0.1) is 16.3 Å². The van der Waals surface area contributed by atoms with Crippen LogP contribution in [0.15, 0.2) is 35.2 Å². The molecule has 1 aromatic carbocycles. The van der Waals surface area contributed by atoms with Gasteiger partial charge in [-0.3, -0.25) is 4.68 Å². The molecule has 0 bridgehead atoms. The van der Waals surface area contributed by atoms with E-state index in [0.717, 1.165) is 17.9 Å². The van der Waals surface area contributed by atoms with E-state index in [1.54, 1.807) is 12.1 Å². The van der Waals surface area contributed by atoms with Crippen LogP contribution in [0.25, 0.3) is 0 Å². The number of hydrogen-bond donors (Lipinski definition) is 0. The summed E-state index contributed by atoms with van der Waals surface area (Å²) in [6, 6.07) is 7.95. The van der Waals surface area contributed by atoms with Crippen LogP contribution in [0, 0.1) is 6.92 Å². The van der Waals surface area contributed by atoms with Crippen LogP contribution < -0.4 is 4.74 Å². The Morgan fingerprint density at radius 2 is 1.95 bits per heavy atom. The fourth-order valence-electron chi connectivity index (χ4n) is 1.84. The van der Waals surface area contributed by atoms with Crippen molar-refractivity contribution < 1.29 is 13.2 Å². The number of ether oxygens (including phenoxy) is 1. The molecule has 0 amide bonds. The maximum absolute atomic E-state index is 11.1. The number of benzene rings is 1. The zero-order chi connectivity index (χ0) is 14.8. The minimum absolute atomic E-state index is 0.0564. The first-order valence-electron chi connectivity index (χ1n) is 6.11. The molecule has 7 heteroatoms. The van der Waals surface area contributed by atoms with Crippen molar-refractivity contribution in [3.8, 4) is 5.75 Å². The lowest BCUT2D eigenvalue weighted by Gasteiger charge is -2.08. The zero-order valence-corrected chi connectivity index (χ0v) is 12.8. The lowest BCUT2D eigenvalue weighted by Crippen LogP contribution is -2.06. The topological polar surface area (TPSA) is 61.2 Å². The van der Waals surface area contributed by atoms with Crippen molar-refractivity contribution in [2.75, 3.05) is 0 Å². The van der Waals surface area contributed by atoms with Crippen molar-refractivity contribution in [2.24, 2.45) is 0 Å². The average Bonchev–Trinajstić information content (AvgIpc) is 2.76. The van der Waals surface area contributed by atoms with E-state index < -0.39 is 9.05 Å². The molecule has 0 aliphatic carbocycles. The number of hydrogen-bond acceptors (Lipinski definition) is 4. The molecule has 0 unspecified atom stereocenters. The summed E-state index contributed by atoms with van der Waals surface area (Å²) in [5, 5.41) is 4.33. The maximum atomic E-state index is 11.1. The van der Waals surface area contributed by atoms with E-state index in [-0.39, 0.29) is 4.90 Å². The highest BCUT2D eigenvalue weighted by atomic mass is 35.7. The van der Waals surface area contributed by atoms with Crippen LogP contribution in [-0.2, 0) is 22.2 Å². The summed E-state index contributed by atoms with van der Waals surface area (Å²) in [6.07, 6.45) is 0. The third-order valence-electron chi connectivity index (χ3n) is 2.78. The Labute approximate surface area is 122 Å². The highest BCUT2D eigenvalue weighted by Gasteiger charge is 2.10. The third-order valence-corrected chi connectivity index (χ3v) is 4.15. The monoisotopic (exact) mass is 314 g/mol. The Kier molecular flexibility index (Phi) is 4.35. The summed E-state index contributed by atoms with van der Waals surface area (Å²) in [5.74, 6) is 0.579. The molecule has 0 saturated carbocycles. The molecule has 0 spiro atoms. The lowest BCUT2D eigenvalue weighted by molar-refractivity contribution is 0.292. The van der Waals surface area contributed by atoms with Crippen LogP contribution in [0.5, 0.6) is 5.75 Å². The van der Waals surface area contributed by atoms with Gasteiger partial charge in [0, 0.05) is 17.2 Å². The Morgan fingerprint density at radius 3 is 2.50 bits per heavy atom. The molecule has 1 aromatic heterocycles. The molecule has 0 radical (unpaired) electrons. The lowest BCUT2D eigenvalue weighted by atomic mass is 10.3. The number of aryl methyl sites for hydroxylation is 2. The van der Waals surface area contributed by atoms with Crippen molar-refractivity contribution in [1.82, 2.24) is 9.78 Å². The van der Waals surface area contributed by atoms with Gasteiger partial charge in [0.15, 0.2) is 0 Å². The molecule has 0 aliphatic rings. The second-order valence-corrected chi connectivity index (χ2v) is 6.86. The van der Waals surface area contributed by atoms with Crippen LogP contribution in [-0.4, -0.2) is 18.2 Å². The first-order valence-corrected chi connectivity index (χ1v) is 8.42. The van der Waals surface area contributed by atoms with Crippen LogP contribution in [0.3, 0.4) is 0 Å². The maximum Gasteiger partial charge on any atom is 0.261 e. The Balaban J connectivity index is 2.07. The molecule has 0 aliphatic heterocycles. The fourth-order valence-corrected chi connectivity index (χ4v) is 2.61. The molecular weight excluding hydrogens is 300 g/mol. The first-order chi connectivity index (χ1) is 9.40. The first kappa shape index (κ1) is 14.9. The average molecular weight is 315 g/mol. The van der Waals surface area contributed by atoms with Crippen LogP contribution in [0.2, 0.25) is 0 Å². The SMILES string of the molecule is CCn1nc(C)cc1COc1ccc(S(=O)(=O)Cl)cc1. The summed E-state index contributed by atoms with van der Waals surface area (Å²) in [4.78, 5) is 0.0564. The summed E-state index contributed by atoms with van der Waals surface area (Å²) >= 11 is 0. The van der Waals surface area contributed by atoms with Gasteiger partial charge >= 0.3 is 0 Å². The number of rotatable bonds is 5. The highest BCUT2D eigenvalue weighted by molar-refractivity contribution is 8.13. The van der Waals surface area contributed by atoms with Gasteiger partial charge in [-0.1, -0.05) is 0 Å². The van der Waals surface area contributed by atoms with E-state index in [1.807, 2.05) is 24.6 Å². The molecule has 0 fully saturated rings. The predicted molar refractivity (Wildman–Crippen MR) is 76.5 cm³/mol. The van der Waals surface area contributed by atoms with Gasteiger partial charge in [-0.25, -0.2) is 8.42 Å². The van der Waals surface area contributed by atoms with E-state index in [4.69, 9.17) is 15.4 Å². The van der Waals surface area contributed by atoms with E-state index >= 15 is 0 Å². The van der Waals surface area contributed by atoms with Crippen LogP contribution in [0.1, 0.15) is 18.3 Å². The number of halogens is 1. The third kappa shape index (κ3) is 3.52. The molecule has 5 nitrogen and oxygen atoms in total. The van der Waals surface area contributed by atoms with Gasteiger partial charge in [-0.05, 0) is 44.2 Å². The summed E-state index contributed by atoms with van der Waals surface area (Å²) in [5.41, 5.74) is 1.91. The van der Waals surface area contributed by atoms with E-state index in [0.29, 0.717) is 12.4 Å². The molecule has 2 rings (SSSR count). The van der Waals surface area contributed by atoms with E-state index in [9.17, 15) is 8.42 Å². The second-order valence-electron chi connectivity index (χ2n) is 4.29. The van der Waals surface area contributed by atoms with E-state index in [1.165, 1.54) is 12.1 Å². The summed E-state index contributed by atoms with van der Waals surface area (Å²) in [7, 11) is 1.55. The Morgan fingerprint density at radius 1 is 1.30 bits per heavy atom. The van der Waals surface area contributed by atoms with Crippen molar-refractivity contribution in [3.05, 3.63) is 41.7 Å². The fraction of sp³-hybridized carbons (Fsp3) is 0.308. The summed E-state index contributed by atoms with van der Waals surface area (Å²) in [6.45, 7) is 5.09. The molecule has 20 heavy (non-hydrogen) atoms. The standard InChI is InChI=1S/C13H15ClN2O3S/c1-3-16-11(8-10(2)15-16)9-19-12-4-6-13(7-5-12)20(14,17)18/h4-8H,3,9H2,1-2H3. The Hall–Kier alpha value is -1.53. The minimum Gasteiger partial charge on any atom is -0.487 e. The molecule has 0 N–H and O–H groups in total. The largest absolute Gasteiger partial charge is 0.487 e. The molecule has 1 heterocycles. The van der Waals surface area contributed by atoms with Crippen molar-refractivity contribution in [3.63, 3.8) is 0 Å². The highest BCUT2D eigenvalue weighted by Crippen LogP contribution is 2.20. The molecule has 0 atom stereocenters. The van der Waals surface area contributed by atoms with Gasteiger partial charge in [-0.15, -0.1) is 0 Å². The summed E-state index contributed by atoms with van der Waals surface area (Å²) < 4.78 is 29.7. The smallest absolute Gasteiger partial charge is 0.261 e. The molecule has 108 valence electrons. The molecule has 0 saturated heterocycles. The quantitative estimate of drug-likeness (QED) is 0.796. The van der Waals surface area contributed by atoms with Gasteiger partial charge in [0.25, 0.3) is 9.05 Å². The van der Waals surface area contributed by atoms with E-state index in [2.05, 4.69) is 5.10 Å². The number of aromatic nitrogens is 2. The molecule has 2 aromatic rings. The Bertz CT molecular complexity index is 693. The number of nitrogens with zero attached hydrogens (tertiary/aromatic N) is 2. The van der Waals surface area contributed by atoms with Crippen LogP contribution >= 0.6 is 10.7 Å². The van der Waals surface area contributed by atoms with Crippen molar-refractivity contribution in [2.45, 2.75) is 31.9 Å². The van der Waals surface area contributed by atoms with Crippen molar-refractivity contribution >= 4 is 19.7 Å². The van der Waals surface area contributed by atoms with Crippen molar-refractivity contribution in [1.29, 1.82) is 0 Å². The van der Waals surface area contributed by atoms with Gasteiger partial charge in [0.2, 0.25) is 0 Å². The van der Waals surface area contributed by atoms with Gasteiger partial charge in [0.1, 0.15) is 12.4 Å². The van der Waals surface area contributed by atoms with Gasteiger partial charge in [-0.2, -0.15) is 5.10 Å². The van der Waals surface area contributed by atoms with Crippen LogP contribution in [0.4, 0.5) is 0 Å². The minimum atomic E-state index is -3.69. The molecular formula is C13H15ClN2O3S. The predicted octanol–water partition coefficient (Wildman–Crippen LogP) is 2.72.